The average molecular weight is 280 g/mol. The number of nitrogens with zero attached hydrogens (tertiary/aromatic N) is 2. The van der Waals surface area contributed by atoms with Crippen LogP contribution in [0.2, 0.25) is 0 Å². The minimum atomic E-state index is -0.242. The van der Waals surface area contributed by atoms with Crippen LogP contribution < -0.4 is 11.2 Å². The van der Waals surface area contributed by atoms with Gasteiger partial charge in [0.05, 0.1) is 5.54 Å². The minimum absolute atomic E-state index is 0.242. The maximum Gasteiger partial charge on any atom is 0.183 e. The SMILES string of the molecule is CN(C)CCN(N)C(=S)NC(C)(C)c1ccccc1. The van der Waals surface area contributed by atoms with E-state index in [2.05, 4.69) is 36.2 Å². The summed E-state index contributed by atoms with van der Waals surface area (Å²) in [5.74, 6) is 5.95. The van der Waals surface area contributed by atoms with Gasteiger partial charge in [-0.15, -0.1) is 0 Å². The summed E-state index contributed by atoms with van der Waals surface area (Å²) in [6, 6.07) is 10.2. The molecule has 19 heavy (non-hydrogen) atoms. The smallest absolute Gasteiger partial charge is 0.183 e. The van der Waals surface area contributed by atoms with Gasteiger partial charge < -0.3 is 10.2 Å². The molecule has 3 N–H and O–H groups in total. The molecule has 0 atom stereocenters. The molecule has 0 aromatic heterocycles. The van der Waals surface area contributed by atoms with Crippen LogP contribution in [0.1, 0.15) is 19.4 Å². The topological polar surface area (TPSA) is 44.5 Å². The molecule has 0 bridgehead atoms. The van der Waals surface area contributed by atoms with Gasteiger partial charge in [-0.05, 0) is 45.7 Å². The highest BCUT2D eigenvalue weighted by molar-refractivity contribution is 7.80. The molecule has 0 radical (unpaired) electrons. The molecule has 0 spiro atoms. The number of benzene rings is 1. The Morgan fingerprint density at radius 3 is 2.32 bits per heavy atom. The minimum Gasteiger partial charge on any atom is -0.353 e. The number of hydrogen-bond donors (Lipinski definition) is 2. The van der Waals surface area contributed by atoms with Gasteiger partial charge in [0.1, 0.15) is 0 Å². The van der Waals surface area contributed by atoms with E-state index in [-0.39, 0.29) is 5.54 Å². The molecule has 1 aromatic carbocycles. The molecule has 0 heterocycles. The summed E-state index contributed by atoms with van der Waals surface area (Å²) >= 11 is 5.35. The molecule has 4 nitrogen and oxygen atoms in total. The average Bonchev–Trinajstić information content (AvgIpc) is 2.36. The van der Waals surface area contributed by atoms with Crippen LogP contribution in [0.15, 0.2) is 30.3 Å². The largest absolute Gasteiger partial charge is 0.353 e. The number of hydrazine groups is 1. The second kappa shape index (κ2) is 6.84. The Morgan fingerprint density at radius 2 is 1.79 bits per heavy atom. The Kier molecular flexibility index (Phi) is 5.72. The molecule has 0 aliphatic rings. The van der Waals surface area contributed by atoms with Gasteiger partial charge in [0.15, 0.2) is 5.11 Å². The van der Waals surface area contributed by atoms with Gasteiger partial charge in [0.25, 0.3) is 0 Å². The third kappa shape index (κ3) is 5.14. The predicted octanol–water partition coefficient (Wildman–Crippen LogP) is 1.53. The highest BCUT2D eigenvalue weighted by Gasteiger charge is 2.22. The van der Waals surface area contributed by atoms with Crippen molar-refractivity contribution in [2.45, 2.75) is 19.4 Å². The van der Waals surface area contributed by atoms with E-state index in [0.29, 0.717) is 11.7 Å². The molecular formula is C14H24N4S. The van der Waals surface area contributed by atoms with Crippen LogP contribution >= 0.6 is 12.2 Å². The summed E-state index contributed by atoms with van der Waals surface area (Å²) < 4.78 is 0. The normalized spacial score (nSPS) is 11.5. The molecule has 5 heteroatoms. The van der Waals surface area contributed by atoms with Gasteiger partial charge in [-0.3, -0.25) is 5.01 Å². The van der Waals surface area contributed by atoms with Gasteiger partial charge in [-0.25, -0.2) is 5.84 Å². The van der Waals surface area contributed by atoms with E-state index in [9.17, 15) is 0 Å². The second-order valence-electron chi connectivity index (χ2n) is 5.42. The Bertz CT molecular complexity index is 403. The monoisotopic (exact) mass is 280 g/mol. The lowest BCUT2D eigenvalue weighted by Gasteiger charge is -2.32. The molecular weight excluding hydrogens is 256 g/mol. The third-order valence-corrected chi connectivity index (χ3v) is 3.30. The first-order chi connectivity index (χ1) is 8.83. The summed E-state index contributed by atoms with van der Waals surface area (Å²) in [7, 11) is 4.02. The van der Waals surface area contributed by atoms with Crippen LogP contribution in [0.3, 0.4) is 0 Å². The van der Waals surface area contributed by atoms with Crippen LogP contribution in [0.4, 0.5) is 0 Å². The van der Waals surface area contributed by atoms with Crippen LogP contribution in [-0.2, 0) is 5.54 Å². The molecule has 106 valence electrons. The molecule has 0 saturated carbocycles. The molecule has 0 saturated heterocycles. The van der Waals surface area contributed by atoms with Crippen LogP contribution in [0.5, 0.6) is 0 Å². The summed E-state index contributed by atoms with van der Waals surface area (Å²) in [6.07, 6.45) is 0. The van der Waals surface area contributed by atoms with Gasteiger partial charge >= 0.3 is 0 Å². The zero-order valence-electron chi connectivity index (χ0n) is 12.2. The Hall–Kier alpha value is -1.17. The summed E-state index contributed by atoms with van der Waals surface area (Å²) in [4.78, 5) is 2.07. The lowest BCUT2D eigenvalue weighted by molar-refractivity contribution is 0.324. The van der Waals surface area contributed by atoms with Crippen molar-refractivity contribution in [2.75, 3.05) is 27.2 Å². The first kappa shape index (κ1) is 15.9. The van der Waals surface area contributed by atoms with Crippen molar-refractivity contribution in [3.05, 3.63) is 35.9 Å². The summed E-state index contributed by atoms with van der Waals surface area (Å²) in [5, 5.41) is 5.46. The van der Waals surface area contributed by atoms with E-state index in [0.717, 1.165) is 6.54 Å². The predicted molar refractivity (Wildman–Crippen MR) is 84.6 cm³/mol. The maximum absolute atomic E-state index is 5.95. The van der Waals surface area contributed by atoms with E-state index in [1.54, 1.807) is 5.01 Å². The number of nitrogens with one attached hydrogen (secondary N) is 1. The summed E-state index contributed by atoms with van der Waals surface area (Å²) in [5.41, 5.74) is 0.937. The maximum atomic E-state index is 5.95. The molecule has 0 amide bonds. The van der Waals surface area contributed by atoms with Crippen molar-refractivity contribution in [3.63, 3.8) is 0 Å². The highest BCUT2D eigenvalue weighted by atomic mass is 32.1. The first-order valence-electron chi connectivity index (χ1n) is 6.37. The number of thiocarbonyl (C=S) groups is 1. The van der Waals surface area contributed by atoms with Gasteiger partial charge in [-0.2, -0.15) is 0 Å². The quantitative estimate of drug-likeness (QED) is 0.486. The lowest BCUT2D eigenvalue weighted by Crippen LogP contribution is -2.52. The second-order valence-corrected chi connectivity index (χ2v) is 5.80. The molecule has 1 aromatic rings. The highest BCUT2D eigenvalue weighted by Crippen LogP contribution is 2.19. The molecule has 0 aliphatic heterocycles. The van der Waals surface area contributed by atoms with E-state index < -0.39 is 0 Å². The van der Waals surface area contributed by atoms with Crippen LogP contribution in [-0.4, -0.2) is 42.2 Å². The van der Waals surface area contributed by atoms with E-state index in [4.69, 9.17) is 18.1 Å². The Morgan fingerprint density at radius 1 is 1.21 bits per heavy atom. The van der Waals surface area contributed by atoms with Crippen molar-refractivity contribution in [3.8, 4) is 0 Å². The fourth-order valence-electron chi connectivity index (χ4n) is 1.68. The lowest BCUT2D eigenvalue weighted by atomic mass is 9.95. The number of hydrogen-bond acceptors (Lipinski definition) is 3. The number of likely N-dealkylation sites (N-methyl/N-ethyl adjacent to an activating group) is 1. The fourth-order valence-corrected chi connectivity index (χ4v) is 2.02. The standard InChI is InChI=1S/C14H24N4S/c1-14(2,12-8-6-5-7-9-12)16-13(19)18(15)11-10-17(3)4/h5-9H,10-11,15H2,1-4H3,(H,16,19). The van der Waals surface area contributed by atoms with E-state index in [1.165, 1.54) is 5.56 Å². The molecule has 0 fully saturated rings. The number of rotatable bonds is 5. The summed E-state index contributed by atoms with van der Waals surface area (Å²) in [6.45, 7) is 5.75. The molecule has 0 unspecified atom stereocenters. The Labute approximate surface area is 121 Å². The third-order valence-electron chi connectivity index (χ3n) is 2.96. The van der Waals surface area contributed by atoms with E-state index >= 15 is 0 Å². The van der Waals surface area contributed by atoms with Crippen molar-refractivity contribution >= 4 is 17.3 Å². The fraction of sp³-hybridized carbons (Fsp3) is 0.500. The molecule has 1 rings (SSSR count). The van der Waals surface area contributed by atoms with Crippen molar-refractivity contribution in [2.24, 2.45) is 5.84 Å². The Balaban J connectivity index is 2.60. The number of nitrogens with two attached hydrogens (primary N) is 1. The van der Waals surface area contributed by atoms with Gasteiger partial charge in [-0.1, -0.05) is 30.3 Å². The van der Waals surface area contributed by atoms with E-state index in [1.807, 2.05) is 32.3 Å². The van der Waals surface area contributed by atoms with Crippen LogP contribution in [0, 0.1) is 0 Å². The zero-order valence-corrected chi connectivity index (χ0v) is 13.0. The molecule has 0 aliphatic carbocycles. The van der Waals surface area contributed by atoms with Crippen molar-refractivity contribution in [1.82, 2.24) is 15.2 Å². The van der Waals surface area contributed by atoms with Gasteiger partial charge in [0, 0.05) is 13.1 Å². The van der Waals surface area contributed by atoms with Crippen molar-refractivity contribution < 1.29 is 0 Å². The zero-order chi connectivity index (χ0) is 14.5. The first-order valence-corrected chi connectivity index (χ1v) is 6.78. The van der Waals surface area contributed by atoms with Crippen LogP contribution in [0.25, 0.3) is 0 Å². The van der Waals surface area contributed by atoms with Gasteiger partial charge in [0.2, 0.25) is 0 Å². The van der Waals surface area contributed by atoms with Crippen molar-refractivity contribution in [1.29, 1.82) is 0 Å².